The molecule has 1 unspecified atom stereocenters. The summed E-state index contributed by atoms with van der Waals surface area (Å²) in [6.07, 6.45) is -0.156. The predicted molar refractivity (Wildman–Crippen MR) is 57.1 cm³/mol. The van der Waals surface area contributed by atoms with Crippen molar-refractivity contribution < 1.29 is 19.4 Å². The highest BCUT2D eigenvalue weighted by Gasteiger charge is 2.24. The van der Waals surface area contributed by atoms with E-state index in [1.807, 2.05) is 17.5 Å². The van der Waals surface area contributed by atoms with E-state index in [4.69, 9.17) is 14.6 Å². The Bertz CT molecular complexity index is 292. The van der Waals surface area contributed by atoms with E-state index < -0.39 is 18.2 Å². The average molecular weight is 230 g/mol. The highest BCUT2D eigenvalue weighted by molar-refractivity contribution is 7.10. The number of hydrogen-bond donors (Lipinski definition) is 1. The molecule has 5 heteroatoms. The maximum Gasteiger partial charge on any atom is 0.312 e. The number of carboxylic acids is 1. The molecule has 15 heavy (non-hydrogen) atoms. The van der Waals surface area contributed by atoms with Crippen molar-refractivity contribution in [3.8, 4) is 0 Å². The van der Waals surface area contributed by atoms with Gasteiger partial charge in [-0.05, 0) is 11.4 Å². The van der Waals surface area contributed by atoms with Crippen LogP contribution in [0.3, 0.4) is 0 Å². The van der Waals surface area contributed by atoms with Crippen molar-refractivity contribution in [1.82, 2.24) is 0 Å². The smallest absolute Gasteiger partial charge is 0.312 e. The first-order valence-corrected chi connectivity index (χ1v) is 5.38. The van der Waals surface area contributed by atoms with Crippen molar-refractivity contribution in [2.45, 2.75) is 18.6 Å². The quantitative estimate of drug-likeness (QED) is 0.759. The van der Waals surface area contributed by atoms with Crippen LogP contribution in [0.25, 0.3) is 0 Å². The molecule has 1 aromatic heterocycles. The molecule has 0 aliphatic rings. The zero-order chi connectivity index (χ0) is 11.3. The van der Waals surface area contributed by atoms with Crippen molar-refractivity contribution in [2.75, 3.05) is 14.2 Å². The van der Waals surface area contributed by atoms with Crippen molar-refractivity contribution in [1.29, 1.82) is 0 Å². The molecule has 0 aliphatic heterocycles. The van der Waals surface area contributed by atoms with E-state index in [2.05, 4.69) is 0 Å². The van der Waals surface area contributed by atoms with Gasteiger partial charge in [0.2, 0.25) is 0 Å². The minimum atomic E-state index is -0.850. The fraction of sp³-hybridized carbons (Fsp3) is 0.500. The first-order chi connectivity index (χ1) is 7.19. The maximum absolute atomic E-state index is 11.1. The number of hydrogen-bond acceptors (Lipinski definition) is 4. The average Bonchev–Trinajstić information content (AvgIpc) is 2.72. The molecule has 0 saturated carbocycles. The third-order valence-corrected chi connectivity index (χ3v) is 3.12. The van der Waals surface area contributed by atoms with E-state index in [-0.39, 0.29) is 0 Å². The zero-order valence-electron chi connectivity index (χ0n) is 8.67. The van der Waals surface area contributed by atoms with Crippen LogP contribution in [0.5, 0.6) is 0 Å². The van der Waals surface area contributed by atoms with Gasteiger partial charge in [-0.15, -0.1) is 11.3 Å². The lowest BCUT2D eigenvalue weighted by Crippen LogP contribution is -2.21. The number of carboxylic acid groups (broad SMARTS) is 1. The largest absolute Gasteiger partial charge is 0.481 e. The van der Waals surface area contributed by atoms with Gasteiger partial charge in [0.05, 0.1) is 5.92 Å². The summed E-state index contributed by atoms with van der Waals surface area (Å²) in [6, 6.07) is 3.65. The van der Waals surface area contributed by atoms with Crippen molar-refractivity contribution in [3.05, 3.63) is 22.4 Å². The molecule has 0 amide bonds. The Labute approximate surface area is 92.4 Å². The van der Waals surface area contributed by atoms with Crippen molar-refractivity contribution in [3.63, 3.8) is 0 Å². The second-order valence-electron chi connectivity index (χ2n) is 3.04. The van der Waals surface area contributed by atoms with Crippen LogP contribution in [0.2, 0.25) is 0 Å². The van der Waals surface area contributed by atoms with Gasteiger partial charge in [0.15, 0.2) is 6.29 Å². The number of carbonyl (C=O) groups is 1. The van der Waals surface area contributed by atoms with Gasteiger partial charge in [-0.2, -0.15) is 0 Å². The van der Waals surface area contributed by atoms with Crippen LogP contribution in [0.4, 0.5) is 0 Å². The number of aliphatic carboxylic acids is 1. The maximum atomic E-state index is 11.1. The zero-order valence-corrected chi connectivity index (χ0v) is 9.49. The molecule has 0 radical (unpaired) electrons. The molecule has 1 N–H and O–H groups in total. The summed E-state index contributed by atoms with van der Waals surface area (Å²) in [5.74, 6) is -1.41. The fourth-order valence-corrected chi connectivity index (χ4v) is 2.14. The van der Waals surface area contributed by atoms with Crippen LogP contribution in [-0.4, -0.2) is 31.6 Å². The Kier molecular flexibility index (Phi) is 4.74. The van der Waals surface area contributed by atoms with Crippen LogP contribution in [-0.2, 0) is 14.3 Å². The van der Waals surface area contributed by atoms with E-state index in [1.165, 1.54) is 25.6 Å². The molecule has 1 heterocycles. The van der Waals surface area contributed by atoms with Gasteiger partial charge in [-0.3, -0.25) is 4.79 Å². The molecule has 0 saturated heterocycles. The summed E-state index contributed by atoms with van der Waals surface area (Å²) >= 11 is 1.43. The van der Waals surface area contributed by atoms with E-state index in [9.17, 15) is 4.79 Å². The SMILES string of the molecule is COC(CC(C(=O)O)c1cccs1)OC. The summed E-state index contributed by atoms with van der Waals surface area (Å²) in [4.78, 5) is 11.9. The van der Waals surface area contributed by atoms with Gasteiger partial charge in [-0.1, -0.05) is 6.07 Å². The van der Waals surface area contributed by atoms with Crippen LogP contribution >= 0.6 is 11.3 Å². The van der Waals surface area contributed by atoms with Gasteiger partial charge in [0.25, 0.3) is 0 Å². The summed E-state index contributed by atoms with van der Waals surface area (Å²) in [7, 11) is 3.00. The number of ether oxygens (including phenoxy) is 2. The van der Waals surface area contributed by atoms with Crippen LogP contribution < -0.4 is 0 Å². The Hall–Kier alpha value is -0.910. The minimum Gasteiger partial charge on any atom is -0.481 e. The van der Waals surface area contributed by atoms with Crippen LogP contribution in [0.1, 0.15) is 17.2 Å². The van der Waals surface area contributed by atoms with Crippen LogP contribution in [0, 0.1) is 0 Å². The highest BCUT2D eigenvalue weighted by atomic mass is 32.1. The standard InChI is InChI=1S/C10H14O4S/c1-13-9(14-2)6-7(10(11)12)8-4-3-5-15-8/h3-5,7,9H,6H2,1-2H3,(H,11,12). The Morgan fingerprint density at radius 2 is 2.20 bits per heavy atom. The third-order valence-electron chi connectivity index (χ3n) is 2.14. The highest BCUT2D eigenvalue weighted by Crippen LogP contribution is 2.26. The Morgan fingerprint density at radius 1 is 1.53 bits per heavy atom. The fourth-order valence-electron chi connectivity index (χ4n) is 1.31. The minimum absolute atomic E-state index is 0.322. The monoisotopic (exact) mass is 230 g/mol. The van der Waals surface area contributed by atoms with E-state index in [0.29, 0.717) is 6.42 Å². The summed E-state index contributed by atoms with van der Waals surface area (Å²) in [5.41, 5.74) is 0. The Morgan fingerprint density at radius 3 is 2.60 bits per heavy atom. The molecule has 0 aliphatic carbocycles. The predicted octanol–water partition coefficient (Wildman–Crippen LogP) is 1.93. The molecule has 1 rings (SSSR count). The first-order valence-electron chi connectivity index (χ1n) is 4.50. The van der Waals surface area contributed by atoms with Crippen molar-refractivity contribution in [2.24, 2.45) is 0 Å². The Balaban J connectivity index is 2.71. The number of methoxy groups -OCH3 is 2. The topological polar surface area (TPSA) is 55.8 Å². The molecule has 0 bridgehead atoms. The molecule has 0 spiro atoms. The van der Waals surface area contributed by atoms with Gasteiger partial charge < -0.3 is 14.6 Å². The third kappa shape index (κ3) is 3.30. The summed E-state index contributed by atoms with van der Waals surface area (Å²) in [5, 5.41) is 10.9. The van der Waals surface area contributed by atoms with Gasteiger partial charge in [0, 0.05) is 25.5 Å². The van der Waals surface area contributed by atoms with Gasteiger partial charge in [-0.25, -0.2) is 0 Å². The molecule has 0 aromatic carbocycles. The lowest BCUT2D eigenvalue weighted by Gasteiger charge is -2.17. The lowest BCUT2D eigenvalue weighted by atomic mass is 10.0. The van der Waals surface area contributed by atoms with E-state index >= 15 is 0 Å². The van der Waals surface area contributed by atoms with Gasteiger partial charge >= 0.3 is 5.97 Å². The summed E-state index contributed by atoms with van der Waals surface area (Å²) in [6.45, 7) is 0. The lowest BCUT2D eigenvalue weighted by molar-refractivity contribution is -0.145. The van der Waals surface area contributed by atoms with E-state index in [0.717, 1.165) is 4.88 Å². The molecular weight excluding hydrogens is 216 g/mol. The second kappa shape index (κ2) is 5.85. The molecule has 1 atom stereocenters. The molecule has 1 aromatic rings. The normalized spacial score (nSPS) is 13.0. The summed E-state index contributed by atoms with van der Waals surface area (Å²) < 4.78 is 9.99. The number of thiophene rings is 1. The number of rotatable bonds is 6. The molecular formula is C10H14O4S. The van der Waals surface area contributed by atoms with Gasteiger partial charge in [0.1, 0.15) is 0 Å². The first kappa shape index (κ1) is 12.2. The molecule has 0 fully saturated rings. The van der Waals surface area contributed by atoms with Crippen LogP contribution in [0.15, 0.2) is 17.5 Å². The van der Waals surface area contributed by atoms with Crippen molar-refractivity contribution >= 4 is 17.3 Å². The van der Waals surface area contributed by atoms with E-state index in [1.54, 1.807) is 0 Å². The second-order valence-corrected chi connectivity index (χ2v) is 4.02. The molecule has 84 valence electrons. The molecule has 4 nitrogen and oxygen atoms in total.